The van der Waals surface area contributed by atoms with Gasteiger partial charge in [-0.1, -0.05) is 12.1 Å². The van der Waals surface area contributed by atoms with E-state index in [0.717, 1.165) is 16.5 Å². The van der Waals surface area contributed by atoms with Gasteiger partial charge in [0.2, 0.25) is 0 Å². The molecule has 0 fully saturated rings. The Balaban J connectivity index is 1.92. The van der Waals surface area contributed by atoms with E-state index in [2.05, 4.69) is 4.98 Å². The summed E-state index contributed by atoms with van der Waals surface area (Å²) in [6.07, 6.45) is 3.08. The Morgan fingerprint density at radius 3 is 2.46 bits per heavy atom. The van der Waals surface area contributed by atoms with Crippen molar-refractivity contribution in [1.82, 2.24) is 4.98 Å². The molecule has 3 aromatic rings. The molecule has 0 bridgehead atoms. The normalized spacial score (nSPS) is 13.2. The van der Waals surface area contributed by atoms with Gasteiger partial charge in [0.05, 0.1) is 29.5 Å². The number of fused-ring (bicyclic) bond motifs is 1. The fourth-order valence-corrected chi connectivity index (χ4v) is 3.33. The van der Waals surface area contributed by atoms with E-state index in [1.165, 1.54) is 6.26 Å². The number of ether oxygens (including phenoxy) is 3. The van der Waals surface area contributed by atoms with Gasteiger partial charge in [0.25, 0.3) is 0 Å². The Kier molecular flexibility index (Phi) is 4.99. The minimum absolute atomic E-state index is 0.289. The molecular formula is C19H20N2O4S. The molecule has 1 heterocycles. The summed E-state index contributed by atoms with van der Waals surface area (Å²) in [6, 6.07) is 12.5. The maximum atomic E-state index is 11.9. The Morgan fingerprint density at radius 2 is 1.77 bits per heavy atom. The number of hydrogen-bond donors (Lipinski definition) is 1. The molecular weight excluding hydrogens is 352 g/mol. The SMILES string of the molecule is COc1cc2nccc(OCc3cccc(S(C)(=N)=O)c3)c2cc1OC. The van der Waals surface area contributed by atoms with Gasteiger partial charge in [-0.05, 0) is 29.8 Å². The third-order valence-electron chi connectivity index (χ3n) is 3.95. The molecule has 1 atom stereocenters. The molecule has 26 heavy (non-hydrogen) atoms. The molecule has 0 aliphatic heterocycles. The van der Waals surface area contributed by atoms with Gasteiger partial charge in [0.15, 0.2) is 11.5 Å². The molecule has 6 nitrogen and oxygen atoms in total. The van der Waals surface area contributed by atoms with Crippen molar-refractivity contribution in [1.29, 1.82) is 4.78 Å². The molecule has 0 amide bonds. The van der Waals surface area contributed by atoms with Crippen molar-refractivity contribution in [3.05, 3.63) is 54.2 Å². The lowest BCUT2D eigenvalue weighted by Gasteiger charge is -2.13. The minimum atomic E-state index is -2.76. The summed E-state index contributed by atoms with van der Waals surface area (Å²) in [5, 5.41) is 0.807. The summed E-state index contributed by atoms with van der Waals surface area (Å²) in [5.74, 6) is 1.86. The lowest BCUT2D eigenvalue weighted by Crippen LogP contribution is -2.00. The number of methoxy groups -OCH3 is 2. The first-order valence-corrected chi connectivity index (χ1v) is 9.85. The predicted molar refractivity (Wildman–Crippen MR) is 101 cm³/mol. The van der Waals surface area contributed by atoms with Gasteiger partial charge in [-0.25, -0.2) is 8.99 Å². The van der Waals surface area contributed by atoms with E-state index in [1.54, 1.807) is 50.7 Å². The maximum Gasteiger partial charge on any atom is 0.162 e. The first-order valence-electron chi connectivity index (χ1n) is 7.88. The molecule has 7 heteroatoms. The third-order valence-corrected chi connectivity index (χ3v) is 5.10. The molecule has 0 saturated heterocycles. The largest absolute Gasteiger partial charge is 0.493 e. The second-order valence-corrected chi connectivity index (χ2v) is 7.97. The van der Waals surface area contributed by atoms with Gasteiger partial charge in [0.1, 0.15) is 12.4 Å². The van der Waals surface area contributed by atoms with Crippen LogP contribution in [0.5, 0.6) is 17.2 Å². The first-order chi connectivity index (χ1) is 12.4. The molecule has 0 spiro atoms. The molecule has 0 aliphatic rings. The fraction of sp³-hybridized carbons (Fsp3) is 0.211. The van der Waals surface area contributed by atoms with Crippen molar-refractivity contribution >= 4 is 20.6 Å². The average molecular weight is 372 g/mol. The number of benzene rings is 2. The zero-order chi connectivity index (χ0) is 18.7. The van der Waals surface area contributed by atoms with Gasteiger partial charge < -0.3 is 14.2 Å². The number of aromatic nitrogens is 1. The summed E-state index contributed by atoms with van der Waals surface area (Å²) >= 11 is 0. The van der Waals surface area contributed by atoms with Crippen LogP contribution in [0.25, 0.3) is 10.9 Å². The number of pyridine rings is 1. The summed E-state index contributed by atoms with van der Waals surface area (Å²) in [7, 11) is 0.401. The smallest absolute Gasteiger partial charge is 0.162 e. The number of nitrogens with zero attached hydrogens (tertiary/aromatic N) is 1. The second kappa shape index (κ2) is 7.21. The van der Waals surface area contributed by atoms with Gasteiger partial charge >= 0.3 is 0 Å². The average Bonchev–Trinajstić information content (AvgIpc) is 2.64. The van der Waals surface area contributed by atoms with Crippen LogP contribution in [0.3, 0.4) is 0 Å². The highest BCUT2D eigenvalue weighted by atomic mass is 32.2. The summed E-state index contributed by atoms with van der Waals surface area (Å²) in [6.45, 7) is 0.289. The van der Waals surface area contributed by atoms with E-state index >= 15 is 0 Å². The lowest BCUT2D eigenvalue weighted by molar-refractivity contribution is 0.309. The predicted octanol–water partition coefficient (Wildman–Crippen LogP) is 3.87. The van der Waals surface area contributed by atoms with Gasteiger partial charge in [-0.15, -0.1) is 0 Å². The van der Waals surface area contributed by atoms with Crippen molar-refractivity contribution < 1.29 is 18.4 Å². The monoisotopic (exact) mass is 372 g/mol. The standard InChI is InChI=1S/C19H20N2O4S/c1-23-18-10-15-16(11-19(18)24-2)21-8-7-17(15)25-12-13-5-4-6-14(9-13)26(3,20)22/h4-11,20H,12H2,1-3H3. The Morgan fingerprint density at radius 1 is 1.04 bits per heavy atom. The molecule has 0 radical (unpaired) electrons. The fourth-order valence-electron chi connectivity index (χ4n) is 2.61. The number of hydrogen-bond acceptors (Lipinski definition) is 6. The Hall–Kier alpha value is -2.80. The molecule has 136 valence electrons. The van der Waals surface area contributed by atoms with E-state index < -0.39 is 9.73 Å². The van der Waals surface area contributed by atoms with Crippen LogP contribution in [-0.4, -0.2) is 29.7 Å². The maximum absolute atomic E-state index is 11.9. The van der Waals surface area contributed by atoms with Crippen molar-refractivity contribution in [2.75, 3.05) is 20.5 Å². The molecule has 1 aromatic heterocycles. The highest BCUT2D eigenvalue weighted by Crippen LogP contribution is 2.35. The van der Waals surface area contributed by atoms with Crippen molar-refractivity contribution in [2.45, 2.75) is 11.5 Å². The zero-order valence-corrected chi connectivity index (χ0v) is 15.6. The Bertz CT molecular complexity index is 1050. The molecule has 3 rings (SSSR count). The van der Waals surface area contributed by atoms with E-state index in [4.69, 9.17) is 19.0 Å². The van der Waals surface area contributed by atoms with Crippen LogP contribution in [0, 0.1) is 4.78 Å². The molecule has 1 unspecified atom stereocenters. The first kappa shape index (κ1) is 18.0. The van der Waals surface area contributed by atoms with Crippen LogP contribution in [-0.2, 0) is 16.3 Å². The van der Waals surface area contributed by atoms with Gasteiger partial charge in [0, 0.05) is 28.8 Å². The lowest BCUT2D eigenvalue weighted by atomic mass is 10.1. The molecule has 0 saturated carbocycles. The molecule has 1 N–H and O–H groups in total. The molecule has 2 aromatic carbocycles. The van der Waals surface area contributed by atoms with E-state index in [9.17, 15) is 4.21 Å². The van der Waals surface area contributed by atoms with Crippen LogP contribution < -0.4 is 14.2 Å². The van der Waals surface area contributed by atoms with E-state index in [1.807, 2.05) is 12.1 Å². The quantitative estimate of drug-likeness (QED) is 0.710. The van der Waals surface area contributed by atoms with Gasteiger partial charge in [-0.3, -0.25) is 4.98 Å². The zero-order valence-electron chi connectivity index (χ0n) is 14.8. The van der Waals surface area contributed by atoms with Crippen molar-refractivity contribution in [3.8, 4) is 17.2 Å². The van der Waals surface area contributed by atoms with Crippen molar-refractivity contribution in [2.24, 2.45) is 0 Å². The van der Waals surface area contributed by atoms with Crippen LogP contribution in [0.2, 0.25) is 0 Å². The Labute approximate surface area is 152 Å². The van der Waals surface area contributed by atoms with Gasteiger partial charge in [-0.2, -0.15) is 0 Å². The summed E-state index contributed by atoms with van der Waals surface area (Å²) in [5.41, 5.74) is 1.58. The van der Waals surface area contributed by atoms with E-state index in [-0.39, 0.29) is 6.61 Å². The van der Waals surface area contributed by atoms with Crippen LogP contribution >= 0.6 is 0 Å². The van der Waals surface area contributed by atoms with Crippen LogP contribution in [0.4, 0.5) is 0 Å². The highest BCUT2D eigenvalue weighted by Gasteiger charge is 2.11. The minimum Gasteiger partial charge on any atom is -0.493 e. The summed E-state index contributed by atoms with van der Waals surface area (Å²) < 4.78 is 36.2. The van der Waals surface area contributed by atoms with Crippen molar-refractivity contribution in [3.63, 3.8) is 0 Å². The number of nitrogens with one attached hydrogen (secondary N) is 1. The molecule has 0 aliphatic carbocycles. The van der Waals surface area contributed by atoms with Crippen LogP contribution in [0.1, 0.15) is 5.56 Å². The topological polar surface area (TPSA) is 81.5 Å². The third kappa shape index (κ3) is 3.72. The highest BCUT2D eigenvalue weighted by molar-refractivity contribution is 7.91. The summed E-state index contributed by atoms with van der Waals surface area (Å²) in [4.78, 5) is 4.84. The second-order valence-electron chi connectivity index (χ2n) is 5.81. The van der Waals surface area contributed by atoms with Crippen LogP contribution in [0.15, 0.2) is 53.6 Å². The van der Waals surface area contributed by atoms with E-state index in [0.29, 0.717) is 22.1 Å². The number of rotatable bonds is 6.